The van der Waals surface area contributed by atoms with Crippen LogP contribution in [-0.2, 0) is 6.54 Å². The van der Waals surface area contributed by atoms with Gasteiger partial charge in [-0.25, -0.2) is 4.98 Å². The lowest BCUT2D eigenvalue weighted by Gasteiger charge is -2.17. The zero-order chi connectivity index (χ0) is 12.4. The van der Waals surface area contributed by atoms with Crippen molar-refractivity contribution in [1.29, 1.82) is 0 Å². The van der Waals surface area contributed by atoms with Gasteiger partial charge in [0.1, 0.15) is 0 Å². The summed E-state index contributed by atoms with van der Waals surface area (Å²) in [4.78, 5) is 6.84. The van der Waals surface area contributed by atoms with Gasteiger partial charge >= 0.3 is 0 Å². The number of aryl methyl sites for hydroxylation is 1. The number of rotatable bonds is 4. The first-order valence-electron chi connectivity index (χ1n) is 6.05. The summed E-state index contributed by atoms with van der Waals surface area (Å²) >= 11 is 0. The smallest absolute Gasteiger partial charge is 0.206 e. The third-order valence-electron chi connectivity index (χ3n) is 3.05. The molecule has 17 heavy (non-hydrogen) atoms. The summed E-state index contributed by atoms with van der Waals surface area (Å²) in [5.41, 5.74) is 9.13. The van der Waals surface area contributed by atoms with Gasteiger partial charge in [0.15, 0.2) is 0 Å². The fraction of sp³-hybridized carbons (Fsp3) is 0.462. The molecule has 0 aliphatic rings. The molecule has 4 heteroatoms. The maximum atomic E-state index is 5.68. The Hall–Kier alpha value is -1.55. The predicted molar refractivity (Wildman–Crippen MR) is 72.5 cm³/mol. The van der Waals surface area contributed by atoms with Gasteiger partial charge in [0.25, 0.3) is 0 Å². The van der Waals surface area contributed by atoms with Crippen LogP contribution in [0, 0.1) is 6.92 Å². The Bertz CT molecular complexity index is 515. The molecule has 0 amide bonds. The molecule has 4 nitrogen and oxygen atoms in total. The van der Waals surface area contributed by atoms with Crippen LogP contribution in [-0.4, -0.2) is 29.7 Å². The lowest BCUT2D eigenvalue weighted by Crippen LogP contribution is -2.22. The van der Waals surface area contributed by atoms with Crippen molar-refractivity contribution in [3.05, 3.63) is 23.8 Å². The summed E-state index contributed by atoms with van der Waals surface area (Å²) in [6.45, 7) is 6.58. The molecule has 0 aliphatic carbocycles. The highest BCUT2D eigenvalue weighted by molar-refractivity contribution is 5.79. The number of fused-ring (bicyclic) bond motifs is 1. The van der Waals surface area contributed by atoms with Crippen molar-refractivity contribution in [2.75, 3.05) is 25.0 Å². The Morgan fingerprint density at radius 3 is 2.82 bits per heavy atom. The number of imidazole rings is 1. The average molecular weight is 232 g/mol. The quantitative estimate of drug-likeness (QED) is 0.873. The minimum absolute atomic E-state index is 0.629. The third kappa shape index (κ3) is 2.13. The second-order valence-electron chi connectivity index (χ2n) is 4.36. The topological polar surface area (TPSA) is 47.1 Å². The van der Waals surface area contributed by atoms with Gasteiger partial charge in [-0.2, -0.15) is 0 Å². The highest BCUT2D eigenvalue weighted by atomic mass is 15.3. The average Bonchev–Trinajstić information content (AvgIpc) is 2.67. The van der Waals surface area contributed by atoms with E-state index in [1.54, 1.807) is 0 Å². The van der Waals surface area contributed by atoms with Crippen molar-refractivity contribution in [2.45, 2.75) is 20.4 Å². The van der Waals surface area contributed by atoms with Crippen LogP contribution < -0.4 is 10.6 Å². The normalized spacial score (nSPS) is 11.1. The standard InChI is InChI=1S/C13H20N4/c1-4-16(3)13-15-11-9-10(2)5-6-12(11)17(13)8-7-14/h5-6,9H,4,7-8,14H2,1-3H3. The van der Waals surface area contributed by atoms with Crippen LogP contribution in [0.5, 0.6) is 0 Å². The Balaban J connectivity index is 2.61. The molecule has 0 atom stereocenters. The van der Waals surface area contributed by atoms with E-state index in [0.717, 1.165) is 30.1 Å². The molecular formula is C13H20N4. The second kappa shape index (κ2) is 4.75. The van der Waals surface area contributed by atoms with Crippen LogP contribution >= 0.6 is 0 Å². The van der Waals surface area contributed by atoms with Gasteiger partial charge in [0, 0.05) is 26.7 Å². The number of hydrogen-bond acceptors (Lipinski definition) is 3. The first-order valence-corrected chi connectivity index (χ1v) is 6.05. The van der Waals surface area contributed by atoms with Crippen LogP contribution in [0.15, 0.2) is 18.2 Å². The second-order valence-corrected chi connectivity index (χ2v) is 4.36. The highest BCUT2D eigenvalue weighted by Crippen LogP contribution is 2.22. The molecule has 0 saturated carbocycles. The number of benzene rings is 1. The van der Waals surface area contributed by atoms with E-state index in [9.17, 15) is 0 Å². The molecule has 2 rings (SSSR count). The maximum Gasteiger partial charge on any atom is 0.206 e. The van der Waals surface area contributed by atoms with Gasteiger partial charge < -0.3 is 15.2 Å². The first kappa shape index (κ1) is 11.9. The van der Waals surface area contributed by atoms with Gasteiger partial charge in [0.2, 0.25) is 5.95 Å². The molecule has 0 unspecified atom stereocenters. The minimum atomic E-state index is 0.629. The number of nitrogens with two attached hydrogens (primary N) is 1. The summed E-state index contributed by atoms with van der Waals surface area (Å²) in [6.07, 6.45) is 0. The fourth-order valence-corrected chi connectivity index (χ4v) is 2.01. The van der Waals surface area contributed by atoms with E-state index in [0.29, 0.717) is 6.54 Å². The molecule has 0 spiro atoms. The first-order chi connectivity index (χ1) is 8.17. The Kier molecular flexibility index (Phi) is 3.33. The molecule has 1 heterocycles. The predicted octanol–water partition coefficient (Wildman–Crippen LogP) is 1.76. The summed E-state index contributed by atoms with van der Waals surface area (Å²) in [7, 11) is 2.06. The molecule has 0 bridgehead atoms. The zero-order valence-corrected chi connectivity index (χ0v) is 10.8. The number of aromatic nitrogens is 2. The van der Waals surface area contributed by atoms with E-state index in [1.165, 1.54) is 5.56 Å². The molecular weight excluding hydrogens is 212 g/mol. The van der Waals surface area contributed by atoms with E-state index in [-0.39, 0.29) is 0 Å². The van der Waals surface area contributed by atoms with Gasteiger partial charge in [0.05, 0.1) is 11.0 Å². The lowest BCUT2D eigenvalue weighted by molar-refractivity contribution is 0.709. The van der Waals surface area contributed by atoms with Crippen molar-refractivity contribution < 1.29 is 0 Å². The van der Waals surface area contributed by atoms with Crippen LogP contribution in [0.1, 0.15) is 12.5 Å². The van der Waals surface area contributed by atoms with Crippen molar-refractivity contribution in [2.24, 2.45) is 5.73 Å². The SMILES string of the molecule is CCN(C)c1nc2cc(C)ccc2n1CCN. The van der Waals surface area contributed by atoms with E-state index in [1.807, 2.05) is 0 Å². The minimum Gasteiger partial charge on any atom is -0.346 e. The van der Waals surface area contributed by atoms with Crippen molar-refractivity contribution in [3.63, 3.8) is 0 Å². The summed E-state index contributed by atoms with van der Waals surface area (Å²) < 4.78 is 2.19. The van der Waals surface area contributed by atoms with E-state index < -0.39 is 0 Å². The van der Waals surface area contributed by atoms with Crippen LogP contribution in [0.25, 0.3) is 11.0 Å². The Morgan fingerprint density at radius 1 is 1.41 bits per heavy atom. The van der Waals surface area contributed by atoms with Gasteiger partial charge in [-0.3, -0.25) is 0 Å². The van der Waals surface area contributed by atoms with Crippen LogP contribution in [0.3, 0.4) is 0 Å². The summed E-state index contributed by atoms with van der Waals surface area (Å²) in [5, 5.41) is 0. The highest BCUT2D eigenvalue weighted by Gasteiger charge is 2.12. The molecule has 0 aliphatic heterocycles. The van der Waals surface area contributed by atoms with E-state index in [4.69, 9.17) is 10.7 Å². The fourth-order valence-electron chi connectivity index (χ4n) is 2.01. The number of nitrogens with zero attached hydrogens (tertiary/aromatic N) is 3. The van der Waals surface area contributed by atoms with Crippen molar-refractivity contribution in [3.8, 4) is 0 Å². The van der Waals surface area contributed by atoms with Crippen molar-refractivity contribution >= 4 is 17.0 Å². The molecule has 92 valence electrons. The van der Waals surface area contributed by atoms with Crippen LogP contribution in [0.4, 0.5) is 5.95 Å². The molecule has 0 fully saturated rings. The zero-order valence-electron chi connectivity index (χ0n) is 10.8. The molecule has 0 radical (unpaired) electrons. The maximum absolute atomic E-state index is 5.68. The molecule has 2 aromatic rings. The van der Waals surface area contributed by atoms with E-state index in [2.05, 4.69) is 48.6 Å². The monoisotopic (exact) mass is 232 g/mol. The Morgan fingerprint density at radius 2 is 2.18 bits per heavy atom. The third-order valence-corrected chi connectivity index (χ3v) is 3.05. The van der Waals surface area contributed by atoms with Crippen LogP contribution in [0.2, 0.25) is 0 Å². The van der Waals surface area contributed by atoms with Gasteiger partial charge in [-0.05, 0) is 31.5 Å². The summed E-state index contributed by atoms with van der Waals surface area (Å²) in [6, 6.07) is 6.36. The molecule has 2 N–H and O–H groups in total. The molecule has 0 saturated heterocycles. The molecule has 1 aromatic heterocycles. The van der Waals surface area contributed by atoms with E-state index >= 15 is 0 Å². The summed E-state index contributed by atoms with van der Waals surface area (Å²) in [5.74, 6) is 0.999. The van der Waals surface area contributed by atoms with Gasteiger partial charge in [-0.1, -0.05) is 6.07 Å². The molecule has 1 aromatic carbocycles. The van der Waals surface area contributed by atoms with Crippen molar-refractivity contribution in [1.82, 2.24) is 9.55 Å². The largest absolute Gasteiger partial charge is 0.346 e. The lowest BCUT2D eigenvalue weighted by atomic mass is 10.2. The number of hydrogen-bond donors (Lipinski definition) is 1. The van der Waals surface area contributed by atoms with Gasteiger partial charge in [-0.15, -0.1) is 0 Å². The Labute approximate surface area is 102 Å². The number of anilines is 1.